The molecule has 0 heterocycles. The van der Waals surface area contributed by atoms with Crippen molar-refractivity contribution in [3.63, 3.8) is 0 Å². The van der Waals surface area contributed by atoms with Crippen LogP contribution in [-0.2, 0) is 4.79 Å². The number of rotatable bonds is 4. The lowest BCUT2D eigenvalue weighted by Gasteiger charge is -2.15. The van der Waals surface area contributed by atoms with Crippen LogP contribution in [0, 0.1) is 6.92 Å². The smallest absolute Gasteiger partial charge is 0.255 e. The van der Waals surface area contributed by atoms with E-state index in [2.05, 4.69) is 11.9 Å². The van der Waals surface area contributed by atoms with E-state index in [1.165, 1.54) is 17.0 Å². The molecule has 23 heavy (non-hydrogen) atoms. The lowest BCUT2D eigenvalue weighted by molar-refractivity contribution is -0.113. The largest absolute Gasteiger partial charge is 0.506 e. The zero-order chi connectivity index (χ0) is 17.0. The van der Waals surface area contributed by atoms with Gasteiger partial charge in [0.1, 0.15) is 5.75 Å². The molecule has 0 aliphatic rings. The molecule has 0 aliphatic carbocycles. The number of para-hydroxylation sites is 1. The maximum absolute atomic E-state index is 12.3. The number of hydrogen-bond acceptors (Lipinski definition) is 3. The van der Waals surface area contributed by atoms with Crippen LogP contribution in [0.2, 0.25) is 0 Å². The third-order valence-electron chi connectivity index (χ3n) is 3.51. The predicted molar refractivity (Wildman–Crippen MR) is 90.8 cm³/mol. The molecule has 0 saturated carbocycles. The van der Waals surface area contributed by atoms with Gasteiger partial charge in [-0.2, -0.15) is 0 Å². The molecule has 118 valence electrons. The normalized spacial score (nSPS) is 10.0. The van der Waals surface area contributed by atoms with Crippen LogP contribution in [0.15, 0.2) is 55.1 Å². The van der Waals surface area contributed by atoms with Crippen molar-refractivity contribution in [2.75, 3.05) is 17.3 Å². The second-order valence-corrected chi connectivity index (χ2v) is 5.07. The van der Waals surface area contributed by atoms with Crippen molar-refractivity contribution in [1.29, 1.82) is 0 Å². The average molecular weight is 310 g/mol. The number of aromatic hydroxyl groups is 1. The number of aryl methyl sites for hydroxylation is 1. The number of nitrogens with zero attached hydrogens (tertiary/aromatic N) is 1. The number of carbonyl (C=O) groups is 2. The molecule has 0 spiro atoms. The first-order valence-electron chi connectivity index (χ1n) is 7.04. The van der Waals surface area contributed by atoms with E-state index < -0.39 is 0 Å². The van der Waals surface area contributed by atoms with Crippen molar-refractivity contribution in [2.24, 2.45) is 0 Å². The Hall–Kier alpha value is -3.08. The van der Waals surface area contributed by atoms with E-state index in [0.29, 0.717) is 16.9 Å². The van der Waals surface area contributed by atoms with Gasteiger partial charge in [-0.25, -0.2) is 0 Å². The summed E-state index contributed by atoms with van der Waals surface area (Å²) in [5.74, 6) is -0.544. The minimum atomic E-state index is -0.334. The quantitative estimate of drug-likeness (QED) is 0.673. The van der Waals surface area contributed by atoms with Gasteiger partial charge in [-0.1, -0.05) is 18.7 Å². The van der Waals surface area contributed by atoms with Crippen LogP contribution in [0.4, 0.5) is 11.4 Å². The van der Waals surface area contributed by atoms with Gasteiger partial charge in [0, 0.05) is 18.3 Å². The van der Waals surface area contributed by atoms with Gasteiger partial charge in [-0.05, 0) is 48.9 Å². The van der Waals surface area contributed by atoms with Gasteiger partial charge in [0.05, 0.1) is 5.69 Å². The minimum Gasteiger partial charge on any atom is -0.506 e. The van der Waals surface area contributed by atoms with Crippen LogP contribution in [0.5, 0.6) is 5.75 Å². The van der Waals surface area contributed by atoms with E-state index in [9.17, 15) is 14.7 Å². The third-order valence-corrected chi connectivity index (χ3v) is 3.51. The second kappa shape index (κ2) is 6.79. The fourth-order valence-corrected chi connectivity index (χ4v) is 2.10. The molecule has 2 aromatic carbocycles. The number of phenolic OH excluding ortho intramolecular Hbond substituents is 1. The zero-order valence-electron chi connectivity index (χ0n) is 13.0. The van der Waals surface area contributed by atoms with Gasteiger partial charge >= 0.3 is 0 Å². The number of carbonyl (C=O) groups excluding carboxylic acids is 2. The monoisotopic (exact) mass is 310 g/mol. The van der Waals surface area contributed by atoms with Crippen LogP contribution in [0.1, 0.15) is 15.9 Å². The van der Waals surface area contributed by atoms with Crippen LogP contribution in [-0.4, -0.2) is 24.0 Å². The lowest BCUT2D eigenvalue weighted by atomic mass is 10.1. The van der Waals surface area contributed by atoms with Crippen LogP contribution in [0.25, 0.3) is 0 Å². The average Bonchev–Trinajstić information content (AvgIpc) is 2.57. The molecule has 0 saturated heterocycles. The third kappa shape index (κ3) is 3.58. The minimum absolute atomic E-state index is 0.0197. The number of nitrogens with one attached hydrogen (secondary N) is 1. The highest BCUT2D eigenvalue weighted by molar-refractivity contribution is 6.06. The summed E-state index contributed by atoms with van der Waals surface area (Å²) >= 11 is 0. The van der Waals surface area contributed by atoms with Gasteiger partial charge in [0.25, 0.3) is 5.91 Å². The first kappa shape index (κ1) is 16.3. The van der Waals surface area contributed by atoms with Crippen molar-refractivity contribution >= 4 is 23.2 Å². The van der Waals surface area contributed by atoms with E-state index in [4.69, 9.17) is 0 Å². The number of phenols is 1. The summed E-state index contributed by atoms with van der Waals surface area (Å²) in [6.45, 7) is 5.24. The summed E-state index contributed by atoms with van der Waals surface area (Å²) in [5, 5.41) is 12.5. The van der Waals surface area contributed by atoms with Gasteiger partial charge in [-0.15, -0.1) is 0 Å². The molecule has 0 fully saturated rings. The SMILES string of the molecule is C=CC(=O)N(C)c1ccc(C(=O)Nc2c(C)cccc2O)cc1. The van der Waals surface area contributed by atoms with Gasteiger partial charge < -0.3 is 15.3 Å². The molecule has 5 heteroatoms. The number of benzene rings is 2. The van der Waals surface area contributed by atoms with E-state index >= 15 is 0 Å². The molecule has 5 nitrogen and oxygen atoms in total. The van der Waals surface area contributed by atoms with Crippen LogP contribution < -0.4 is 10.2 Å². The predicted octanol–water partition coefficient (Wildman–Crippen LogP) is 3.10. The molecule has 0 aromatic heterocycles. The van der Waals surface area contributed by atoms with Crippen molar-refractivity contribution in [1.82, 2.24) is 0 Å². The van der Waals surface area contributed by atoms with Crippen molar-refractivity contribution in [2.45, 2.75) is 6.92 Å². The van der Waals surface area contributed by atoms with Gasteiger partial charge in [0.15, 0.2) is 0 Å². The molecule has 0 radical (unpaired) electrons. The molecule has 0 bridgehead atoms. The Bertz CT molecular complexity index is 731. The summed E-state index contributed by atoms with van der Waals surface area (Å²) < 4.78 is 0. The Morgan fingerprint density at radius 1 is 1.17 bits per heavy atom. The molecule has 0 unspecified atom stereocenters. The second-order valence-electron chi connectivity index (χ2n) is 5.07. The topological polar surface area (TPSA) is 69.6 Å². The number of anilines is 2. The Morgan fingerprint density at radius 3 is 2.39 bits per heavy atom. The van der Waals surface area contributed by atoms with Crippen molar-refractivity contribution < 1.29 is 14.7 Å². The van der Waals surface area contributed by atoms with Crippen LogP contribution in [0.3, 0.4) is 0 Å². The Balaban J connectivity index is 2.18. The first-order valence-corrected chi connectivity index (χ1v) is 7.04. The van der Waals surface area contributed by atoms with Crippen molar-refractivity contribution in [3.05, 3.63) is 66.2 Å². The Kier molecular flexibility index (Phi) is 4.81. The lowest BCUT2D eigenvalue weighted by Crippen LogP contribution is -2.23. The standard InChI is InChI=1S/C18H18N2O3/c1-4-16(22)20(3)14-10-8-13(9-11-14)18(23)19-17-12(2)6-5-7-15(17)21/h4-11,21H,1H2,2-3H3,(H,19,23). The molecule has 2 amide bonds. The molecule has 2 N–H and O–H groups in total. The highest BCUT2D eigenvalue weighted by Crippen LogP contribution is 2.27. The molecule has 2 rings (SSSR count). The summed E-state index contributed by atoms with van der Waals surface area (Å²) in [7, 11) is 1.63. The van der Waals surface area contributed by atoms with Gasteiger partial charge in [0.2, 0.25) is 5.91 Å². The first-order chi connectivity index (χ1) is 10.9. The van der Waals surface area contributed by atoms with Gasteiger partial charge in [-0.3, -0.25) is 9.59 Å². The molecular weight excluding hydrogens is 292 g/mol. The number of hydrogen-bond donors (Lipinski definition) is 2. The van der Waals surface area contributed by atoms with E-state index in [-0.39, 0.29) is 17.6 Å². The summed E-state index contributed by atoms with van der Waals surface area (Å²) in [5.41, 5.74) is 2.24. The maximum atomic E-state index is 12.3. The van der Waals surface area contributed by atoms with E-state index in [1.54, 1.807) is 50.4 Å². The Morgan fingerprint density at radius 2 is 1.83 bits per heavy atom. The van der Waals surface area contributed by atoms with E-state index in [1.807, 2.05) is 0 Å². The van der Waals surface area contributed by atoms with Crippen molar-refractivity contribution in [3.8, 4) is 5.75 Å². The molecule has 0 atom stereocenters. The highest BCUT2D eigenvalue weighted by atomic mass is 16.3. The van der Waals surface area contributed by atoms with Crippen LogP contribution >= 0.6 is 0 Å². The Labute approximate surface area is 134 Å². The summed E-state index contributed by atoms with van der Waals surface area (Å²) in [6.07, 6.45) is 1.22. The molecular formula is C18H18N2O3. The zero-order valence-corrected chi connectivity index (χ0v) is 13.0. The summed E-state index contributed by atoms with van der Waals surface area (Å²) in [6, 6.07) is 11.6. The summed E-state index contributed by atoms with van der Waals surface area (Å²) in [4.78, 5) is 25.3. The fourth-order valence-electron chi connectivity index (χ4n) is 2.10. The number of likely N-dealkylation sites (N-methyl/N-ethyl adjacent to an activating group) is 1. The van der Waals surface area contributed by atoms with E-state index in [0.717, 1.165) is 5.56 Å². The number of amides is 2. The fraction of sp³-hybridized carbons (Fsp3) is 0.111. The highest BCUT2D eigenvalue weighted by Gasteiger charge is 2.12. The molecule has 0 aliphatic heterocycles. The molecule has 2 aromatic rings. The maximum Gasteiger partial charge on any atom is 0.255 e.